The fourth-order valence-electron chi connectivity index (χ4n) is 4.69. The second-order valence-electron chi connectivity index (χ2n) is 8.60. The van der Waals surface area contributed by atoms with Gasteiger partial charge in [0.05, 0.1) is 35.9 Å². The minimum Gasteiger partial charge on any atom is -0.391 e. The van der Waals surface area contributed by atoms with Gasteiger partial charge in [-0.1, -0.05) is 6.07 Å². The second-order valence-corrected chi connectivity index (χ2v) is 8.60. The molecule has 1 N–H and O–H groups in total. The first-order valence-corrected chi connectivity index (χ1v) is 10.7. The zero-order valence-corrected chi connectivity index (χ0v) is 17.3. The van der Waals surface area contributed by atoms with Crippen LogP contribution in [0.1, 0.15) is 36.6 Å². The van der Waals surface area contributed by atoms with E-state index in [4.69, 9.17) is 0 Å². The van der Waals surface area contributed by atoms with Crippen LogP contribution in [0.3, 0.4) is 0 Å². The van der Waals surface area contributed by atoms with E-state index in [-0.39, 0.29) is 17.7 Å². The third-order valence-electron chi connectivity index (χ3n) is 6.28. The van der Waals surface area contributed by atoms with Crippen LogP contribution < -0.4 is 10.5 Å². The molecule has 8 heteroatoms. The van der Waals surface area contributed by atoms with Crippen molar-refractivity contribution in [3.8, 4) is 0 Å². The molecule has 0 saturated carbocycles. The fourth-order valence-corrected chi connectivity index (χ4v) is 4.69. The van der Waals surface area contributed by atoms with Gasteiger partial charge in [-0.15, -0.1) is 0 Å². The highest BCUT2D eigenvalue weighted by molar-refractivity contribution is 5.44. The Labute approximate surface area is 175 Å². The number of imidazole rings is 1. The monoisotopic (exact) mass is 408 g/mol. The maximum atomic E-state index is 12.8. The topological polar surface area (TPSA) is 78.9 Å². The zero-order valence-electron chi connectivity index (χ0n) is 17.3. The summed E-state index contributed by atoms with van der Waals surface area (Å²) in [4.78, 5) is 21.7. The normalized spacial score (nSPS) is 22.8. The number of fused-ring (bicyclic) bond motifs is 1. The van der Waals surface area contributed by atoms with Crippen LogP contribution >= 0.6 is 0 Å². The average Bonchev–Trinajstić information content (AvgIpc) is 3.34. The van der Waals surface area contributed by atoms with E-state index in [0.717, 1.165) is 62.5 Å². The Bertz CT molecular complexity index is 1110. The van der Waals surface area contributed by atoms with Crippen LogP contribution in [0.2, 0.25) is 0 Å². The molecule has 5 heterocycles. The molecule has 0 aromatic carbocycles. The molecule has 3 aromatic heterocycles. The third kappa shape index (κ3) is 3.73. The molecule has 1 unspecified atom stereocenters. The minimum atomic E-state index is -0.317. The van der Waals surface area contributed by atoms with Crippen LogP contribution in [-0.2, 0) is 6.54 Å². The van der Waals surface area contributed by atoms with E-state index in [9.17, 15) is 9.90 Å². The number of nitrogens with zero attached hydrogens (tertiary/aromatic N) is 6. The SMILES string of the molecule is Cc1ccc2ncc(CN3CCCC(n4ncc(N5CC[C@H](O)C5)cc4=O)C3)n2c1. The van der Waals surface area contributed by atoms with Gasteiger partial charge in [0, 0.05) is 38.4 Å². The number of anilines is 1. The fraction of sp³-hybridized carbons (Fsp3) is 0.500. The van der Waals surface area contributed by atoms with Gasteiger partial charge in [0.1, 0.15) is 5.65 Å². The van der Waals surface area contributed by atoms with E-state index in [1.54, 1.807) is 16.9 Å². The molecule has 2 saturated heterocycles. The lowest BCUT2D eigenvalue weighted by Crippen LogP contribution is -2.40. The minimum absolute atomic E-state index is 0.0637. The summed E-state index contributed by atoms with van der Waals surface area (Å²) in [5.41, 5.74) is 4.08. The summed E-state index contributed by atoms with van der Waals surface area (Å²) in [7, 11) is 0. The molecule has 2 fully saturated rings. The largest absolute Gasteiger partial charge is 0.391 e. The van der Waals surface area contributed by atoms with Gasteiger partial charge in [0.15, 0.2) is 0 Å². The predicted octanol–water partition coefficient (Wildman–Crippen LogP) is 1.61. The van der Waals surface area contributed by atoms with Crippen LogP contribution in [0.25, 0.3) is 5.65 Å². The molecule has 158 valence electrons. The molecule has 30 heavy (non-hydrogen) atoms. The van der Waals surface area contributed by atoms with Gasteiger partial charge in [-0.25, -0.2) is 9.67 Å². The summed E-state index contributed by atoms with van der Waals surface area (Å²) >= 11 is 0. The van der Waals surface area contributed by atoms with Crippen molar-refractivity contribution >= 4 is 11.3 Å². The molecule has 0 radical (unpaired) electrons. The number of hydrogen-bond acceptors (Lipinski definition) is 6. The first-order chi connectivity index (χ1) is 14.6. The molecule has 0 bridgehead atoms. The highest BCUT2D eigenvalue weighted by Gasteiger charge is 2.25. The van der Waals surface area contributed by atoms with Gasteiger partial charge in [0.2, 0.25) is 0 Å². The summed E-state index contributed by atoms with van der Waals surface area (Å²) in [5, 5.41) is 14.2. The number of pyridine rings is 1. The van der Waals surface area contributed by atoms with Crippen molar-refractivity contribution in [3.63, 3.8) is 0 Å². The van der Waals surface area contributed by atoms with E-state index in [1.807, 2.05) is 17.2 Å². The molecular weight excluding hydrogens is 380 g/mol. The van der Waals surface area contributed by atoms with Crippen molar-refractivity contribution in [1.82, 2.24) is 24.1 Å². The Hall–Kier alpha value is -2.71. The van der Waals surface area contributed by atoms with Crippen molar-refractivity contribution in [3.05, 3.63) is 58.4 Å². The molecule has 2 atom stereocenters. The van der Waals surface area contributed by atoms with E-state index in [2.05, 4.69) is 38.6 Å². The van der Waals surface area contributed by atoms with E-state index in [1.165, 1.54) is 5.56 Å². The van der Waals surface area contributed by atoms with Crippen molar-refractivity contribution in [2.45, 2.75) is 44.9 Å². The molecule has 0 amide bonds. The van der Waals surface area contributed by atoms with Crippen molar-refractivity contribution in [2.24, 2.45) is 0 Å². The van der Waals surface area contributed by atoms with E-state index < -0.39 is 0 Å². The lowest BCUT2D eigenvalue weighted by Gasteiger charge is -2.33. The first-order valence-electron chi connectivity index (χ1n) is 10.7. The van der Waals surface area contributed by atoms with Crippen LogP contribution in [0, 0.1) is 6.92 Å². The number of piperidine rings is 1. The van der Waals surface area contributed by atoms with Gasteiger partial charge in [-0.2, -0.15) is 5.10 Å². The molecule has 0 spiro atoms. The number of aliphatic hydroxyl groups excluding tert-OH is 1. The lowest BCUT2D eigenvalue weighted by atomic mass is 10.1. The average molecular weight is 409 g/mol. The molecule has 8 nitrogen and oxygen atoms in total. The summed E-state index contributed by atoms with van der Waals surface area (Å²) in [6.07, 6.45) is 8.25. The summed E-state index contributed by atoms with van der Waals surface area (Å²) < 4.78 is 3.80. The van der Waals surface area contributed by atoms with E-state index >= 15 is 0 Å². The van der Waals surface area contributed by atoms with Gasteiger partial charge in [-0.05, 0) is 44.4 Å². The Morgan fingerprint density at radius 3 is 2.87 bits per heavy atom. The van der Waals surface area contributed by atoms with Crippen LogP contribution in [0.4, 0.5) is 5.69 Å². The van der Waals surface area contributed by atoms with E-state index in [0.29, 0.717) is 6.54 Å². The van der Waals surface area contributed by atoms with Crippen LogP contribution in [0.15, 0.2) is 41.6 Å². The number of β-amino-alcohol motifs (C(OH)–C–C–N with tert-alkyl or cyclic N) is 1. The third-order valence-corrected chi connectivity index (χ3v) is 6.28. The number of aromatic nitrogens is 4. The summed E-state index contributed by atoms with van der Waals surface area (Å²) in [6.45, 7) is 6.04. The number of aliphatic hydroxyl groups is 1. The molecule has 2 aliphatic heterocycles. The Morgan fingerprint density at radius 1 is 1.17 bits per heavy atom. The van der Waals surface area contributed by atoms with Gasteiger partial charge in [-0.3, -0.25) is 9.69 Å². The summed E-state index contributed by atoms with van der Waals surface area (Å²) in [5.74, 6) is 0. The Morgan fingerprint density at radius 2 is 2.07 bits per heavy atom. The lowest BCUT2D eigenvalue weighted by molar-refractivity contribution is 0.158. The summed E-state index contributed by atoms with van der Waals surface area (Å²) in [6, 6.07) is 5.86. The van der Waals surface area contributed by atoms with Crippen molar-refractivity contribution in [1.29, 1.82) is 0 Å². The molecule has 0 aliphatic carbocycles. The Kier molecular flexibility index (Phi) is 5.04. The standard InChI is InChI=1S/C22H28N6O2/c1-16-4-5-21-23-10-19(27(21)12-16)14-25-7-2-3-17(13-25)28-22(30)9-18(11-24-28)26-8-6-20(29)15-26/h4-5,9-12,17,20,29H,2-3,6-8,13-15H2,1H3/t17?,20-/m0/s1. The molecular formula is C22H28N6O2. The maximum Gasteiger partial charge on any atom is 0.269 e. The van der Waals surface area contributed by atoms with Crippen molar-refractivity contribution < 1.29 is 5.11 Å². The number of aryl methyl sites for hydroxylation is 1. The first kappa shape index (κ1) is 19.3. The quantitative estimate of drug-likeness (QED) is 0.707. The number of hydrogen-bond donors (Lipinski definition) is 1. The number of likely N-dealkylation sites (tertiary alicyclic amines) is 1. The van der Waals surface area contributed by atoms with Crippen molar-refractivity contribution in [2.75, 3.05) is 31.1 Å². The smallest absolute Gasteiger partial charge is 0.269 e. The predicted molar refractivity (Wildman–Crippen MR) is 115 cm³/mol. The van der Waals surface area contributed by atoms with Crippen LogP contribution in [0.5, 0.6) is 0 Å². The highest BCUT2D eigenvalue weighted by atomic mass is 16.3. The van der Waals surface area contributed by atoms with Crippen LogP contribution in [-0.4, -0.2) is 61.5 Å². The zero-order chi connectivity index (χ0) is 20.7. The van der Waals surface area contributed by atoms with Gasteiger partial charge in [0.25, 0.3) is 5.56 Å². The maximum absolute atomic E-state index is 12.8. The number of rotatable bonds is 4. The molecule has 3 aromatic rings. The van der Waals surface area contributed by atoms with Gasteiger partial charge < -0.3 is 14.4 Å². The van der Waals surface area contributed by atoms with Gasteiger partial charge >= 0.3 is 0 Å². The highest BCUT2D eigenvalue weighted by Crippen LogP contribution is 2.23. The molecule has 2 aliphatic rings. The second kappa shape index (κ2) is 7.85. The Balaban J connectivity index is 1.31. The molecule has 5 rings (SSSR count).